The van der Waals surface area contributed by atoms with Crippen LogP contribution in [0.1, 0.15) is 49.8 Å². The predicted octanol–water partition coefficient (Wildman–Crippen LogP) is 2.71. The summed E-state index contributed by atoms with van der Waals surface area (Å²) in [4.78, 5) is 12.5. The van der Waals surface area contributed by atoms with E-state index in [4.69, 9.17) is 0 Å². The SMILES string of the molecule is C[C@H]1C[C@@H](C(=O)NC2CCCc3cc(F)ccc32)CCN1. The van der Waals surface area contributed by atoms with Gasteiger partial charge in [-0.1, -0.05) is 6.07 Å². The second-order valence-electron chi connectivity index (χ2n) is 6.37. The van der Waals surface area contributed by atoms with Crippen molar-refractivity contribution in [2.75, 3.05) is 6.54 Å². The number of amides is 1. The molecule has 1 heterocycles. The summed E-state index contributed by atoms with van der Waals surface area (Å²) in [6.07, 6.45) is 4.66. The van der Waals surface area contributed by atoms with Gasteiger partial charge in [0.05, 0.1) is 6.04 Å². The Labute approximate surface area is 125 Å². The van der Waals surface area contributed by atoms with E-state index in [1.54, 1.807) is 6.07 Å². The zero-order valence-electron chi connectivity index (χ0n) is 12.5. The fourth-order valence-corrected chi connectivity index (χ4v) is 3.59. The van der Waals surface area contributed by atoms with Gasteiger partial charge in [0.1, 0.15) is 5.82 Å². The molecule has 1 unspecified atom stereocenters. The standard InChI is InChI=1S/C17H23FN2O/c1-11-9-13(7-8-19-11)17(21)20-16-4-2-3-12-10-14(18)5-6-15(12)16/h5-6,10-11,13,16,19H,2-4,7-9H2,1H3,(H,20,21)/t11-,13-,16?/m0/s1. The maximum Gasteiger partial charge on any atom is 0.223 e. The minimum Gasteiger partial charge on any atom is -0.349 e. The maximum absolute atomic E-state index is 13.3. The monoisotopic (exact) mass is 290 g/mol. The second kappa shape index (κ2) is 6.14. The van der Waals surface area contributed by atoms with Gasteiger partial charge in [-0.15, -0.1) is 0 Å². The Morgan fingerprint density at radius 2 is 2.24 bits per heavy atom. The van der Waals surface area contributed by atoms with Gasteiger partial charge >= 0.3 is 0 Å². The molecule has 1 aliphatic carbocycles. The van der Waals surface area contributed by atoms with Gasteiger partial charge in [-0.3, -0.25) is 4.79 Å². The lowest BCUT2D eigenvalue weighted by Gasteiger charge is -2.31. The predicted molar refractivity (Wildman–Crippen MR) is 80.4 cm³/mol. The summed E-state index contributed by atoms with van der Waals surface area (Å²) in [7, 11) is 0. The Hall–Kier alpha value is -1.42. The number of hydrogen-bond acceptors (Lipinski definition) is 2. The van der Waals surface area contributed by atoms with E-state index in [0.29, 0.717) is 6.04 Å². The molecule has 0 spiro atoms. The van der Waals surface area contributed by atoms with E-state index in [1.807, 2.05) is 6.07 Å². The number of hydrogen-bond donors (Lipinski definition) is 2. The van der Waals surface area contributed by atoms with Crippen LogP contribution >= 0.6 is 0 Å². The molecule has 0 saturated carbocycles. The van der Waals surface area contributed by atoms with Crippen LogP contribution in [0.15, 0.2) is 18.2 Å². The van der Waals surface area contributed by atoms with Gasteiger partial charge in [-0.05, 0) is 68.8 Å². The highest BCUT2D eigenvalue weighted by Crippen LogP contribution is 2.31. The van der Waals surface area contributed by atoms with Crippen LogP contribution in [0.3, 0.4) is 0 Å². The molecule has 1 aromatic rings. The van der Waals surface area contributed by atoms with Crippen LogP contribution in [-0.2, 0) is 11.2 Å². The lowest BCUT2D eigenvalue weighted by molar-refractivity contribution is -0.127. The molecule has 21 heavy (non-hydrogen) atoms. The fraction of sp³-hybridized carbons (Fsp3) is 0.588. The van der Waals surface area contributed by atoms with E-state index in [1.165, 1.54) is 6.07 Å². The van der Waals surface area contributed by atoms with E-state index >= 15 is 0 Å². The van der Waals surface area contributed by atoms with Crippen molar-refractivity contribution >= 4 is 5.91 Å². The number of benzene rings is 1. The molecule has 114 valence electrons. The normalized spacial score (nSPS) is 28.8. The summed E-state index contributed by atoms with van der Waals surface area (Å²) in [5.74, 6) is 0.0745. The van der Waals surface area contributed by atoms with Crippen molar-refractivity contribution in [3.8, 4) is 0 Å². The van der Waals surface area contributed by atoms with Gasteiger partial charge in [-0.2, -0.15) is 0 Å². The number of aryl methyl sites for hydroxylation is 1. The average molecular weight is 290 g/mol. The highest BCUT2D eigenvalue weighted by molar-refractivity contribution is 5.79. The van der Waals surface area contributed by atoms with Gasteiger partial charge in [0.25, 0.3) is 0 Å². The average Bonchev–Trinajstić information content (AvgIpc) is 2.47. The minimum atomic E-state index is -0.187. The first-order chi connectivity index (χ1) is 10.1. The molecule has 3 atom stereocenters. The van der Waals surface area contributed by atoms with E-state index in [0.717, 1.165) is 49.8 Å². The molecule has 0 radical (unpaired) electrons. The first kappa shape index (κ1) is 14.5. The van der Waals surface area contributed by atoms with Crippen molar-refractivity contribution in [2.45, 2.75) is 51.1 Å². The van der Waals surface area contributed by atoms with Crippen LogP contribution in [0.25, 0.3) is 0 Å². The Balaban J connectivity index is 1.70. The van der Waals surface area contributed by atoms with Gasteiger partial charge in [0.2, 0.25) is 5.91 Å². The van der Waals surface area contributed by atoms with Crippen molar-refractivity contribution < 1.29 is 9.18 Å². The Kier molecular flexibility index (Phi) is 4.24. The molecule has 0 bridgehead atoms. The topological polar surface area (TPSA) is 41.1 Å². The van der Waals surface area contributed by atoms with Crippen LogP contribution in [0.4, 0.5) is 4.39 Å². The van der Waals surface area contributed by atoms with Crippen LogP contribution in [0.5, 0.6) is 0 Å². The number of rotatable bonds is 2. The Bertz CT molecular complexity index is 532. The van der Waals surface area contributed by atoms with Crippen LogP contribution in [0.2, 0.25) is 0 Å². The lowest BCUT2D eigenvalue weighted by Crippen LogP contribution is -2.43. The van der Waals surface area contributed by atoms with Gasteiger partial charge in [0, 0.05) is 12.0 Å². The minimum absolute atomic E-state index is 0.0482. The number of carbonyl (C=O) groups is 1. The summed E-state index contributed by atoms with van der Waals surface area (Å²) >= 11 is 0. The summed E-state index contributed by atoms with van der Waals surface area (Å²) in [6.45, 7) is 3.03. The molecule has 3 rings (SSSR count). The van der Waals surface area contributed by atoms with Crippen molar-refractivity contribution in [1.29, 1.82) is 0 Å². The van der Waals surface area contributed by atoms with Crippen molar-refractivity contribution in [3.63, 3.8) is 0 Å². The third-order valence-corrected chi connectivity index (χ3v) is 4.73. The number of fused-ring (bicyclic) bond motifs is 1. The van der Waals surface area contributed by atoms with Gasteiger partial charge < -0.3 is 10.6 Å². The smallest absolute Gasteiger partial charge is 0.223 e. The molecular formula is C17H23FN2O. The van der Waals surface area contributed by atoms with Crippen molar-refractivity contribution in [2.24, 2.45) is 5.92 Å². The summed E-state index contributed by atoms with van der Waals surface area (Å²) in [5.41, 5.74) is 2.14. The van der Waals surface area contributed by atoms with E-state index in [2.05, 4.69) is 17.6 Å². The van der Waals surface area contributed by atoms with Crippen molar-refractivity contribution in [1.82, 2.24) is 10.6 Å². The molecular weight excluding hydrogens is 267 g/mol. The molecule has 4 heteroatoms. The Morgan fingerprint density at radius 1 is 1.38 bits per heavy atom. The number of halogens is 1. The summed E-state index contributed by atoms with van der Waals surface area (Å²) in [5, 5.41) is 6.57. The van der Waals surface area contributed by atoms with Crippen LogP contribution in [0, 0.1) is 11.7 Å². The Morgan fingerprint density at radius 3 is 3.05 bits per heavy atom. The molecule has 1 saturated heterocycles. The molecule has 2 N–H and O–H groups in total. The highest BCUT2D eigenvalue weighted by Gasteiger charge is 2.28. The van der Waals surface area contributed by atoms with Crippen LogP contribution < -0.4 is 10.6 Å². The molecule has 1 amide bonds. The first-order valence-electron chi connectivity index (χ1n) is 7.95. The van der Waals surface area contributed by atoms with E-state index in [9.17, 15) is 9.18 Å². The van der Waals surface area contributed by atoms with Gasteiger partial charge in [0.15, 0.2) is 0 Å². The van der Waals surface area contributed by atoms with E-state index in [-0.39, 0.29) is 23.7 Å². The summed E-state index contributed by atoms with van der Waals surface area (Å²) < 4.78 is 13.3. The van der Waals surface area contributed by atoms with E-state index < -0.39 is 0 Å². The molecule has 3 nitrogen and oxygen atoms in total. The highest BCUT2D eigenvalue weighted by atomic mass is 19.1. The number of nitrogens with one attached hydrogen (secondary N) is 2. The third-order valence-electron chi connectivity index (χ3n) is 4.73. The third kappa shape index (κ3) is 3.26. The quantitative estimate of drug-likeness (QED) is 0.879. The van der Waals surface area contributed by atoms with Gasteiger partial charge in [-0.25, -0.2) is 4.39 Å². The second-order valence-corrected chi connectivity index (χ2v) is 6.37. The first-order valence-corrected chi connectivity index (χ1v) is 7.95. The molecule has 1 fully saturated rings. The molecule has 0 aromatic heterocycles. The molecule has 2 aliphatic rings. The molecule has 1 aromatic carbocycles. The maximum atomic E-state index is 13.3. The zero-order valence-corrected chi connectivity index (χ0v) is 12.5. The summed E-state index contributed by atoms with van der Waals surface area (Å²) in [6, 6.07) is 5.39. The van der Waals surface area contributed by atoms with Crippen molar-refractivity contribution in [3.05, 3.63) is 35.1 Å². The number of piperidine rings is 1. The lowest BCUT2D eigenvalue weighted by atomic mass is 9.86. The zero-order chi connectivity index (χ0) is 14.8. The largest absolute Gasteiger partial charge is 0.349 e. The van der Waals surface area contributed by atoms with Crippen LogP contribution in [-0.4, -0.2) is 18.5 Å². The fourth-order valence-electron chi connectivity index (χ4n) is 3.59. The molecule has 1 aliphatic heterocycles. The number of carbonyl (C=O) groups excluding carboxylic acids is 1.